The van der Waals surface area contributed by atoms with Crippen molar-refractivity contribution in [2.24, 2.45) is 7.05 Å². The molecule has 0 radical (unpaired) electrons. The van der Waals surface area contributed by atoms with Crippen molar-refractivity contribution < 1.29 is 14.3 Å². The first-order chi connectivity index (χ1) is 13.6. The number of nitrogens with zero attached hydrogens (tertiary/aromatic N) is 5. The molecule has 0 bridgehead atoms. The Balaban J connectivity index is 1.47. The molecule has 1 aliphatic carbocycles. The minimum Gasteiger partial charge on any atom is -0.473 e. The van der Waals surface area contributed by atoms with Crippen LogP contribution in [0.5, 0.6) is 5.88 Å². The summed E-state index contributed by atoms with van der Waals surface area (Å²) in [6, 6.07) is 1.87. The van der Waals surface area contributed by atoms with Gasteiger partial charge in [-0.05, 0) is 33.8 Å². The number of rotatable bonds is 4. The summed E-state index contributed by atoms with van der Waals surface area (Å²) in [5.74, 6) is 0.521. The third-order valence-corrected chi connectivity index (χ3v) is 4.79. The van der Waals surface area contributed by atoms with Crippen LogP contribution in [0.4, 0.5) is 4.79 Å². The summed E-state index contributed by atoms with van der Waals surface area (Å²) in [6.07, 6.45) is 8.11. The molecule has 0 aromatic carbocycles. The molecule has 9 heteroatoms. The van der Waals surface area contributed by atoms with Gasteiger partial charge in [0.1, 0.15) is 17.2 Å². The lowest BCUT2D eigenvalue weighted by Gasteiger charge is -2.44. The molecular formula is C20H26N6O3. The van der Waals surface area contributed by atoms with Crippen molar-refractivity contribution in [3.63, 3.8) is 0 Å². The molecule has 1 aliphatic rings. The van der Waals surface area contributed by atoms with Gasteiger partial charge in [0.15, 0.2) is 0 Å². The normalized spacial score (nSPS) is 21.6. The van der Waals surface area contributed by atoms with E-state index in [4.69, 9.17) is 9.47 Å². The molecule has 1 N–H and O–H groups in total. The van der Waals surface area contributed by atoms with Gasteiger partial charge in [-0.2, -0.15) is 10.2 Å². The molecule has 3 aromatic rings. The smallest absolute Gasteiger partial charge is 0.408 e. The average Bonchev–Trinajstić information content (AvgIpc) is 3.19. The molecule has 0 saturated heterocycles. The van der Waals surface area contributed by atoms with Gasteiger partial charge < -0.3 is 14.8 Å². The van der Waals surface area contributed by atoms with Gasteiger partial charge in [-0.1, -0.05) is 0 Å². The van der Waals surface area contributed by atoms with E-state index in [0.717, 1.165) is 16.8 Å². The van der Waals surface area contributed by atoms with Crippen LogP contribution in [0.25, 0.3) is 16.8 Å². The number of ether oxygens (including phenoxy) is 2. The Labute approximate surface area is 169 Å². The van der Waals surface area contributed by atoms with Gasteiger partial charge in [-0.25, -0.2) is 14.3 Å². The highest BCUT2D eigenvalue weighted by Crippen LogP contribution is 2.36. The molecular weight excluding hydrogens is 372 g/mol. The molecule has 3 heterocycles. The van der Waals surface area contributed by atoms with Crippen LogP contribution >= 0.6 is 0 Å². The Morgan fingerprint density at radius 3 is 2.69 bits per heavy atom. The second-order valence-corrected chi connectivity index (χ2v) is 8.83. The lowest BCUT2D eigenvalue weighted by Crippen LogP contribution is -2.59. The van der Waals surface area contributed by atoms with Crippen LogP contribution in [0.1, 0.15) is 40.5 Å². The Hall–Kier alpha value is -3.10. The van der Waals surface area contributed by atoms with E-state index in [-0.39, 0.29) is 11.6 Å². The van der Waals surface area contributed by atoms with Crippen LogP contribution < -0.4 is 10.1 Å². The average molecular weight is 398 g/mol. The molecule has 0 aliphatic heterocycles. The molecule has 1 fully saturated rings. The van der Waals surface area contributed by atoms with Crippen molar-refractivity contribution in [3.05, 3.63) is 30.9 Å². The van der Waals surface area contributed by atoms with Crippen LogP contribution in [0.15, 0.2) is 30.9 Å². The topological polar surface area (TPSA) is 95.6 Å². The molecule has 154 valence electrons. The van der Waals surface area contributed by atoms with E-state index in [2.05, 4.69) is 20.5 Å². The van der Waals surface area contributed by atoms with Gasteiger partial charge in [-0.3, -0.25) is 4.68 Å². The summed E-state index contributed by atoms with van der Waals surface area (Å²) in [6.45, 7) is 7.53. The summed E-state index contributed by atoms with van der Waals surface area (Å²) in [5.41, 5.74) is 1.54. The fourth-order valence-corrected chi connectivity index (χ4v) is 3.52. The van der Waals surface area contributed by atoms with Gasteiger partial charge in [-0.15, -0.1) is 0 Å². The van der Waals surface area contributed by atoms with Crippen LogP contribution in [0.2, 0.25) is 0 Å². The number of carbonyl (C=O) groups is 1. The van der Waals surface area contributed by atoms with Crippen LogP contribution in [0.3, 0.4) is 0 Å². The summed E-state index contributed by atoms with van der Waals surface area (Å²) >= 11 is 0. The molecule has 0 atom stereocenters. The first-order valence-corrected chi connectivity index (χ1v) is 9.61. The highest BCUT2D eigenvalue weighted by molar-refractivity contribution is 5.69. The standard InChI is InChI=1S/C20H26N6O3/c1-19(2,3)29-18(27)24-20(4)8-14(9-20)28-17-16-6-7-21-26(16)12-15(23-17)13-10-22-25(5)11-13/h6-7,10-12,14H,8-9H2,1-5H3,(H,24,27). The minimum absolute atomic E-state index is 0.0507. The summed E-state index contributed by atoms with van der Waals surface area (Å²) in [7, 11) is 1.86. The van der Waals surface area contributed by atoms with Gasteiger partial charge in [0, 0.05) is 37.2 Å². The van der Waals surface area contributed by atoms with E-state index in [1.807, 2.05) is 53.2 Å². The van der Waals surface area contributed by atoms with E-state index >= 15 is 0 Å². The SMILES string of the molecule is Cn1cc(-c2cn3nccc3c(OC3CC(C)(NC(=O)OC(C)(C)C)C3)n2)cn1. The van der Waals surface area contributed by atoms with Gasteiger partial charge in [0.05, 0.1) is 24.3 Å². The third-order valence-electron chi connectivity index (χ3n) is 4.79. The number of aryl methyl sites for hydroxylation is 1. The summed E-state index contributed by atoms with van der Waals surface area (Å²) < 4.78 is 15.0. The minimum atomic E-state index is -0.523. The number of aromatic nitrogens is 5. The highest BCUT2D eigenvalue weighted by atomic mass is 16.6. The fourth-order valence-electron chi connectivity index (χ4n) is 3.52. The number of nitrogens with one attached hydrogen (secondary N) is 1. The second-order valence-electron chi connectivity index (χ2n) is 8.83. The van der Waals surface area contributed by atoms with Crippen molar-refractivity contribution in [1.82, 2.24) is 29.7 Å². The Kier molecular flexibility index (Phi) is 4.48. The van der Waals surface area contributed by atoms with E-state index < -0.39 is 11.7 Å². The maximum absolute atomic E-state index is 12.1. The molecule has 1 amide bonds. The highest BCUT2D eigenvalue weighted by Gasteiger charge is 2.44. The zero-order valence-corrected chi connectivity index (χ0v) is 17.3. The van der Waals surface area contributed by atoms with Gasteiger partial charge >= 0.3 is 6.09 Å². The monoisotopic (exact) mass is 398 g/mol. The predicted octanol–water partition coefficient (Wildman–Crippen LogP) is 2.95. The Morgan fingerprint density at radius 2 is 2.03 bits per heavy atom. The van der Waals surface area contributed by atoms with Crippen LogP contribution in [0, 0.1) is 0 Å². The maximum Gasteiger partial charge on any atom is 0.408 e. The third kappa shape index (κ3) is 4.18. The van der Waals surface area contributed by atoms with Gasteiger partial charge in [0.25, 0.3) is 0 Å². The molecule has 1 saturated carbocycles. The van der Waals surface area contributed by atoms with E-state index in [9.17, 15) is 4.79 Å². The largest absolute Gasteiger partial charge is 0.473 e. The zero-order valence-electron chi connectivity index (χ0n) is 17.3. The lowest BCUT2D eigenvalue weighted by molar-refractivity contribution is 0.00801. The lowest BCUT2D eigenvalue weighted by atomic mass is 9.76. The predicted molar refractivity (Wildman–Crippen MR) is 107 cm³/mol. The van der Waals surface area contributed by atoms with Crippen molar-refractivity contribution in [1.29, 1.82) is 0 Å². The van der Waals surface area contributed by atoms with Crippen molar-refractivity contribution >= 4 is 11.6 Å². The van der Waals surface area contributed by atoms with Crippen LogP contribution in [-0.4, -0.2) is 47.7 Å². The van der Waals surface area contributed by atoms with Gasteiger partial charge in [0.2, 0.25) is 5.88 Å². The van der Waals surface area contributed by atoms with Crippen molar-refractivity contribution in [3.8, 4) is 17.1 Å². The zero-order chi connectivity index (χ0) is 20.8. The number of alkyl carbamates (subject to hydrolysis) is 1. The van der Waals surface area contributed by atoms with Crippen molar-refractivity contribution in [2.45, 2.75) is 57.8 Å². The number of amides is 1. The van der Waals surface area contributed by atoms with E-state index in [1.54, 1.807) is 21.6 Å². The van der Waals surface area contributed by atoms with E-state index in [1.165, 1.54) is 0 Å². The quantitative estimate of drug-likeness (QED) is 0.726. The molecule has 0 unspecified atom stereocenters. The number of carbonyl (C=O) groups excluding carboxylic acids is 1. The van der Waals surface area contributed by atoms with Crippen LogP contribution in [-0.2, 0) is 11.8 Å². The fraction of sp³-hybridized carbons (Fsp3) is 0.500. The molecule has 3 aromatic heterocycles. The summed E-state index contributed by atoms with van der Waals surface area (Å²) in [5, 5.41) is 11.5. The van der Waals surface area contributed by atoms with Crippen molar-refractivity contribution in [2.75, 3.05) is 0 Å². The Bertz CT molecular complexity index is 1040. The molecule has 4 rings (SSSR count). The molecule has 29 heavy (non-hydrogen) atoms. The molecule has 0 spiro atoms. The first kappa shape index (κ1) is 19.2. The first-order valence-electron chi connectivity index (χ1n) is 9.61. The Morgan fingerprint density at radius 1 is 1.28 bits per heavy atom. The second kappa shape index (κ2) is 6.75. The number of fused-ring (bicyclic) bond motifs is 1. The number of hydrogen-bond acceptors (Lipinski definition) is 6. The summed E-state index contributed by atoms with van der Waals surface area (Å²) in [4.78, 5) is 16.8. The maximum atomic E-state index is 12.1. The van der Waals surface area contributed by atoms with E-state index in [0.29, 0.717) is 18.7 Å². The number of hydrogen-bond donors (Lipinski definition) is 1. The molecule has 9 nitrogen and oxygen atoms in total.